The molecule has 0 aliphatic carbocycles. The van der Waals surface area contributed by atoms with E-state index in [1.807, 2.05) is 6.92 Å². The Hall–Kier alpha value is -1.59. The Labute approximate surface area is 107 Å². The van der Waals surface area contributed by atoms with Gasteiger partial charge < -0.3 is 20.5 Å². The average Bonchev–Trinajstić information content (AvgIpc) is 2.38. The van der Waals surface area contributed by atoms with Crippen LogP contribution in [0.2, 0.25) is 0 Å². The summed E-state index contributed by atoms with van der Waals surface area (Å²) < 4.78 is 10.4. The van der Waals surface area contributed by atoms with Crippen LogP contribution in [0.25, 0.3) is 0 Å². The lowest BCUT2D eigenvalue weighted by atomic mass is 10.3. The zero-order valence-corrected chi connectivity index (χ0v) is 10.6. The zero-order valence-electron chi connectivity index (χ0n) is 10.6. The first-order valence-corrected chi connectivity index (χ1v) is 6.06. The first-order chi connectivity index (χ1) is 8.76. The minimum absolute atomic E-state index is 0.0564. The molecule has 0 aliphatic heterocycles. The summed E-state index contributed by atoms with van der Waals surface area (Å²) in [6, 6.07) is 7.19. The first-order valence-electron chi connectivity index (χ1n) is 6.06. The third-order valence-electron chi connectivity index (χ3n) is 2.20. The number of nitrogens with one attached hydrogen (secondary N) is 1. The van der Waals surface area contributed by atoms with Crippen LogP contribution >= 0.6 is 0 Å². The zero-order chi connectivity index (χ0) is 13.2. The van der Waals surface area contributed by atoms with Crippen LogP contribution in [-0.2, 0) is 9.53 Å². The van der Waals surface area contributed by atoms with Gasteiger partial charge in [0.25, 0.3) is 0 Å². The predicted octanol–water partition coefficient (Wildman–Crippen LogP) is 1.39. The number of nitrogens with two attached hydrogens (primary N) is 1. The van der Waals surface area contributed by atoms with Crippen LogP contribution in [0.4, 0.5) is 5.69 Å². The van der Waals surface area contributed by atoms with Gasteiger partial charge in [0.05, 0.1) is 13.0 Å². The highest BCUT2D eigenvalue weighted by Gasteiger charge is 2.02. The number of hydrogen-bond acceptors (Lipinski definition) is 4. The Balaban J connectivity index is 2.35. The normalized spacial score (nSPS) is 10.1. The molecule has 5 heteroatoms. The number of benzene rings is 1. The number of carbonyl (C=O) groups excluding carboxylic acids is 1. The fourth-order valence-corrected chi connectivity index (χ4v) is 1.34. The van der Waals surface area contributed by atoms with Crippen LogP contribution in [0.1, 0.15) is 13.3 Å². The summed E-state index contributed by atoms with van der Waals surface area (Å²) in [5.41, 5.74) is 6.08. The van der Waals surface area contributed by atoms with Gasteiger partial charge in [0.2, 0.25) is 5.91 Å². The molecule has 0 saturated heterocycles. The molecule has 0 spiro atoms. The molecule has 5 nitrogen and oxygen atoms in total. The summed E-state index contributed by atoms with van der Waals surface area (Å²) >= 11 is 0. The topological polar surface area (TPSA) is 73.6 Å². The number of ether oxygens (including phenoxy) is 2. The van der Waals surface area contributed by atoms with Gasteiger partial charge in [-0.1, -0.05) is 0 Å². The standard InChI is InChI=1S/C13H20N2O3/c1-2-17-9-7-13(16)15-11-3-5-12(6-4-11)18-10-8-14/h3-6H,2,7-10,14H2,1H3,(H,15,16). The average molecular weight is 252 g/mol. The second kappa shape index (κ2) is 8.49. The Morgan fingerprint density at radius 1 is 1.28 bits per heavy atom. The van der Waals surface area contributed by atoms with Crippen LogP contribution in [-0.4, -0.2) is 32.3 Å². The van der Waals surface area contributed by atoms with Crippen LogP contribution in [0.5, 0.6) is 5.75 Å². The maximum Gasteiger partial charge on any atom is 0.226 e. The van der Waals surface area contributed by atoms with E-state index in [1.165, 1.54) is 0 Å². The molecule has 0 bridgehead atoms. The molecule has 0 saturated carbocycles. The number of amides is 1. The summed E-state index contributed by atoms with van der Waals surface area (Å²) in [5.74, 6) is 0.687. The molecule has 18 heavy (non-hydrogen) atoms. The van der Waals surface area contributed by atoms with Crippen molar-refractivity contribution < 1.29 is 14.3 Å². The van der Waals surface area contributed by atoms with Crippen molar-refractivity contribution in [2.75, 3.05) is 31.7 Å². The lowest BCUT2D eigenvalue weighted by Gasteiger charge is -2.07. The molecule has 0 fully saturated rings. The van der Waals surface area contributed by atoms with E-state index in [-0.39, 0.29) is 5.91 Å². The van der Waals surface area contributed by atoms with E-state index in [0.717, 1.165) is 11.4 Å². The van der Waals surface area contributed by atoms with Gasteiger partial charge in [-0.2, -0.15) is 0 Å². The number of hydrogen-bond donors (Lipinski definition) is 2. The largest absolute Gasteiger partial charge is 0.492 e. The van der Waals surface area contributed by atoms with Crippen LogP contribution < -0.4 is 15.8 Å². The van der Waals surface area contributed by atoms with Crippen molar-refractivity contribution >= 4 is 11.6 Å². The lowest BCUT2D eigenvalue weighted by molar-refractivity contribution is -0.117. The highest BCUT2D eigenvalue weighted by molar-refractivity contribution is 5.90. The van der Waals surface area contributed by atoms with Crippen molar-refractivity contribution in [2.24, 2.45) is 5.73 Å². The third kappa shape index (κ3) is 5.65. The van der Waals surface area contributed by atoms with Crippen molar-refractivity contribution in [1.82, 2.24) is 0 Å². The third-order valence-corrected chi connectivity index (χ3v) is 2.20. The lowest BCUT2D eigenvalue weighted by Crippen LogP contribution is -2.14. The monoisotopic (exact) mass is 252 g/mol. The predicted molar refractivity (Wildman–Crippen MR) is 70.7 cm³/mol. The summed E-state index contributed by atoms with van der Waals surface area (Å²) in [6.07, 6.45) is 0.360. The second-order valence-corrected chi connectivity index (χ2v) is 3.66. The van der Waals surface area contributed by atoms with Crippen molar-refractivity contribution in [3.05, 3.63) is 24.3 Å². The SMILES string of the molecule is CCOCCC(=O)Nc1ccc(OCCN)cc1. The molecule has 0 aromatic heterocycles. The van der Waals surface area contributed by atoms with E-state index >= 15 is 0 Å². The molecule has 0 radical (unpaired) electrons. The maximum absolute atomic E-state index is 11.5. The smallest absolute Gasteiger partial charge is 0.226 e. The highest BCUT2D eigenvalue weighted by Crippen LogP contribution is 2.15. The number of carbonyl (C=O) groups is 1. The molecule has 1 aromatic rings. The van der Waals surface area contributed by atoms with Gasteiger partial charge in [-0.3, -0.25) is 4.79 Å². The van der Waals surface area contributed by atoms with E-state index in [1.54, 1.807) is 24.3 Å². The van der Waals surface area contributed by atoms with Crippen LogP contribution in [0.3, 0.4) is 0 Å². The molecular formula is C13H20N2O3. The molecule has 1 amide bonds. The maximum atomic E-state index is 11.5. The fraction of sp³-hybridized carbons (Fsp3) is 0.462. The van der Waals surface area contributed by atoms with Crippen LogP contribution in [0.15, 0.2) is 24.3 Å². The molecule has 3 N–H and O–H groups in total. The minimum Gasteiger partial charge on any atom is -0.492 e. The van der Waals surface area contributed by atoms with E-state index in [0.29, 0.717) is 32.8 Å². The van der Waals surface area contributed by atoms with E-state index < -0.39 is 0 Å². The van der Waals surface area contributed by atoms with Gasteiger partial charge in [-0.25, -0.2) is 0 Å². The molecule has 0 heterocycles. The van der Waals surface area contributed by atoms with Gasteiger partial charge in [-0.05, 0) is 31.2 Å². The van der Waals surface area contributed by atoms with Crippen molar-refractivity contribution in [2.45, 2.75) is 13.3 Å². The van der Waals surface area contributed by atoms with Gasteiger partial charge >= 0.3 is 0 Å². The van der Waals surface area contributed by atoms with E-state index in [2.05, 4.69) is 5.32 Å². The second-order valence-electron chi connectivity index (χ2n) is 3.66. The summed E-state index contributed by atoms with van der Waals surface area (Å²) in [6.45, 7) is 3.94. The Kier molecular flexibility index (Phi) is 6.83. The van der Waals surface area contributed by atoms with Crippen molar-refractivity contribution in [1.29, 1.82) is 0 Å². The molecule has 1 aromatic carbocycles. The van der Waals surface area contributed by atoms with E-state index in [4.69, 9.17) is 15.2 Å². The van der Waals surface area contributed by atoms with Gasteiger partial charge in [0, 0.05) is 18.8 Å². The van der Waals surface area contributed by atoms with Crippen molar-refractivity contribution in [3.63, 3.8) is 0 Å². The molecule has 100 valence electrons. The summed E-state index contributed by atoms with van der Waals surface area (Å²) in [4.78, 5) is 11.5. The molecular weight excluding hydrogens is 232 g/mol. The molecule has 0 aliphatic rings. The summed E-state index contributed by atoms with van der Waals surface area (Å²) in [5, 5.41) is 2.78. The quantitative estimate of drug-likeness (QED) is 0.686. The molecule has 1 rings (SSSR count). The Morgan fingerprint density at radius 3 is 2.61 bits per heavy atom. The van der Waals surface area contributed by atoms with Gasteiger partial charge in [0.1, 0.15) is 12.4 Å². The van der Waals surface area contributed by atoms with Gasteiger partial charge in [-0.15, -0.1) is 0 Å². The Morgan fingerprint density at radius 2 is 2.00 bits per heavy atom. The van der Waals surface area contributed by atoms with Gasteiger partial charge in [0.15, 0.2) is 0 Å². The number of anilines is 1. The number of rotatable bonds is 8. The molecule has 0 unspecified atom stereocenters. The fourth-order valence-electron chi connectivity index (χ4n) is 1.34. The van der Waals surface area contributed by atoms with Crippen LogP contribution in [0, 0.1) is 0 Å². The van der Waals surface area contributed by atoms with E-state index in [9.17, 15) is 4.79 Å². The first kappa shape index (κ1) is 14.5. The Bertz CT molecular complexity index is 352. The highest BCUT2D eigenvalue weighted by atomic mass is 16.5. The molecule has 0 atom stereocenters. The summed E-state index contributed by atoms with van der Waals surface area (Å²) in [7, 11) is 0. The minimum atomic E-state index is -0.0564. The van der Waals surface area contributed by atoms with Crippen molar-refractivity contribution in [3.8, 4) is 5.75 Å².